The largest absolute Gasteiger partial charge is 0.479 e. The summed E-state index contributed by atoms with van der Waals surface area (Å²) in [7, 11) is 0. The Morgan fingerprint density at radius 1 is 1.50 bits per heavy atom. The first-order valence-corrected chi connectivity index (χ1v) is 4.43. The van der Waals surface area contributed by atoms with Crippen molar-refractivity contribution >= 4 is 5.97 Å². The van der Waals surface area contributed by atoms with Gasteiger partial charge in [-0.15, -0.1) is 0 Å². The Hall–Kier alpha value is -1.38. The lowest BCUT2D eigenvalue weighted by Crippen LogP contribution is -2.17. The molecule has 1 N–H and O–H groups in total. The summed E-state index contributed by atoms with van der Waals surface area (Å²) < 4.78 is 12.9. The van der Waals surface area contributed by atoms with Crippen molar-refractivity contribution in [2.75, 3.05) is 0 Å². The molecule has 3 heteroatoms. The molecule has 0 fully saturated rings. The molecule has 0 amide bonds. The Kier molecular flexibility index (Phi) is 3.23. The van der Waals surface area contributed by atoms with Crippen LogP contribution < -0.4 is 0 Å². The van der Waals surface area contributed by atoms with Gasteiger partial charge in [0.2, 0.25) is 6.17 Å². The lowest BCUT2D eigenvalue weighted by molar-refractivity contribution is -0.142. The van der Waals surface area contributed by atoms with E-state index in [0.717, 1.165) is 16.7 Å². The summed E-state index contributed by atoms with van der Waals surface area (Å²) in [5.41, 5.74) is 2.71. The molecule has 0 bridgehead atoms. The lowest BCUT2D eigenvalue weighted by Gasteiger charge is -2.07. The fraction of sp³-hybridized carbons (Fsp3) is 0.364. The molecule has 0 spiro atoms. The first-order chi connectivity index (χ1) is 6.50. The van der Waals surface area contributed by atoms with Crippen LogP contribution in [0.2, 0.25) is 0 Å². The van der Waals surface area contributed by atoms with Crippen LogP contribution >= 0.6 is 0 Å². The van der Waals surface area contributed by atoms with Gasteiger partial charge in [-0.3, -0.25) is 0 Å². The van der Waals surface area contributed by atoms with Crippen LogP contribution in [0.15, 0.2) is 18.2 Å². The minimum atomic E-state index is -1.81. The maximum atomic E-state index is 12.9. The van der Waals surface area contributed by atoms with Crippen LogP contribution in [0.3, 0.4) is 0 Å². The molecular formula is C11H13FO2. The van der Waals surface area contributed by atoms with E-state index in [9.17, 15) is 9.18 Å². The number of carboxylic acid groups (broad SMARTS) is 1. The zero-order valence-corrected chi connectivity index (χ0v) is 8.25. The summed E-state index contributed by atoms with van der Waals surface area (Å²) in [5.74, 6) is -1.40. The second kappa shape index (κ2) is 4.22. The number of rotatable bonds is 3. The van der Waals surface area contributed by atoms with Crippen molar-refractivity contribution in [3.8, 4) is 0 Å². The van der Waals surface area contributed by atoms with Gasteiger partial charge < -0.3 is 5.11 Å². The van der Waals surface area contributed by atoms with E-state index in [1.807, 2.05) is 32.0 Å². The summed E-state index contributed by atoms with van der Waals surface area (Å²) in [6.07, 6.45) is -1.86. The molecule has 0 saturated heterocycles. The number of carbonyl (C=O) groups is 1. The lowest BCUT2D eigenvalue weighted by atomic mass is 10.0. The maximum absolute atomic E-state index is 12.9. The molecule has 0 heterocycles. The van der Waals surface area contributed by atoms with Crippen LogP contribution in [-0.2, 0) is 11.2 Å². The predicted molar refractivity (Wildman–Crippen MR) is 52.2 cm³/mol. The first-order valence-electron chi connectivity index (χ1n) is 4.43. The Morgan fingerprint density at radius 3 is 2.71 bits per heavy atom. The molecule has 0 aliphatic carbocycles. The van der Waals surface area contributed by atoms with Crippen LogP contribution in [0.4, 0.5) is 4.39 Å². The Labute approximate surface area is 82.4 Å². The van der Waals surface area contributed by atoms with Crippen molar-refractivity contribution in [3.63, 3.8) is 0 Å². The number of aliphatic carboxylic acids is 1. The zero-order valence-electron chi connectivity index (χ0n) is 8.25. The molecule has 0 aromatic heterocycles. The zero-order chi connectivity index (χ0) is 10.7. The predicted octanol–water partition coefficient (Wildman–Crippen LogP) is 2.27. The van der Waals surface area contributed by atoms with Crippen LogP contribution in [0.1, 0.15) is 16.7 Å². The van der Waals surface area contributed by atoms with E-state index in [2.05, 4.69) is 0 Å². The van der Waals surface area contributed by atoms with Gasteiger partial charge in [-0.25, -0.2) is 9.18 Å². The average molecular weight is 196 g/mol. The van der Waals surface area contributed by atoms with Gasteiger partial charge in [0.1, 0.15) is 0 Å². The van der Waals surface area contributed by atoms with Gasteiger partial charge in [0.15, 0.2) is 0 Å². The van der Waals surface area contributed by atoms with Crippen LogP contribution in [-0.4, -0.2) is 17.2 Å². The molecule has 0 aliphatic rings. The molecule has 1 aromatic rings. The van der Waals surface area contributed by atoms with Crippen molar-refractivity contribution in [3.05, 3.63) is 34.9 Å². The van der Waals surface area contributed by atoms with E-state index in [-0.39, 0.29) is 6.42 Å². The van der Waals surface area contributed by atoms with Gasteiger partial charge in [-0.1, -0.05) is 23.8 Å². The maximum Gasteiger partial charge on any atom is 0.338 e. The highest BCUT2D eigenvalue weighted by molar-refractivity contribution is 5.72. The van der Waals surface area contributed by atoms with Crippen molar-refractivity contribution in [2.24, 2.45) is 0 Å². The second-order valence-corrected chi connectivity index (χ2v) is 3.44. The first kappa shape index (κ1) is 10.7. The van der Waals surface area contributed by atoms with Gasteiger partial charge >= 0.3 is 5.97 Å². The van der Waals surface area contributed by atoms with E-state index >= 15 is 0 Å². The monoisotopic (exact) mass is 196 g/mol. The molecule has 1 rings (SSSR count). The fourth-order valence-corrected chi connectivity index (χ4v) is 1.30. The molecule has 1 unspecified atom stereocenters. The van der Waals surface area contributed by atoms with Gasteiger partial charge in [-0.05, 0) is 25.0 Å². The highest BCUT2D eigenvalue weighted by Crippen LogP contribution is 2.14. The number of hydrogen-bond acceptors (Lipinski definition) is 1. The van der Waals surface area contributed by atoms with Crippen LogP contribution in [0.25, 0.3) is 0 Å². The Morgan fingerprint density at radius 2 is 2.14 bits per heavy atom. The number of benzene rings is 1. The van der Waals surface area contributed by atoms with Crippen molar-refractivity contribution in [1.82, 2.24) is 0 Å². The Balaban J connectivity index is 2.85. The third kappa shape index (κ3) is 2.55. The average Bonchev–Trinajstić information content (AvgIpc) is 2.11. The van der Waals surface area contributed by atoms with E-state index in [1.165, 1.54) is 0 Å². The molecule has 1 aromatic carbocycles. The number of aryl methyl sites for hydroxylation is 2. The summed E-state index contributed by atoms with van der Waals surface area (Å²) in [6, 6.07) is 5.62. The molecule has 14 heavy (non-hydrogen) atoms. The quantitative estimate of drug-likeness (QED) is 0.805. The van der Waals surface area contributed by atoms with E-state index in [1.54, 1.807) is 0 Å². The van der Waals surface area contributed by atoms with Crippen LogP contribution in [0.5, 0.6) is 0 Å². The van der Waals surface area contributed by atoms with E-state index < -0.39 is 12.1 Å². The van der Waals surface area contributed by atoms with Crippen molar-refractivity contribution < 1.29 is 14.3 Å². The van der Waals surface area contributed by atoms with Gasteiger partial charge in [-0.2, -0.15) is 0 Å². The van der Waals surface area contributed by atoms with E-state index in [0.29, 0.717) is 0 Å². The summed E-state index contributed by atoms with van der Waals surface area (Å²) >= 11 is 0. The smallest absolute Gasteiger partial charge is 0.338 e. The standard InChI is InChI=1S/C11H13FO2/c1-7-3-4-8(2)9(5-7)6-10(12)11(13)14/h3-5,10H,6H2,1-2H3,(H,13,14). The molecular weight excluding hydrogens is 183 g/mol. The van der Waals surface area contributed by atoms with E-state index in [4.69, 9.17) is 5.11 Å². The highest BCUT2D eigenvalue weighted by Gasteiger charge is 2.16. The third-order valence-corrected chi connectivity index (χ3v) is 2.17. The summed E-state index contributed by atoms with van der Waals surface area (Å²) in [5, 5.41) is 8.43. The molecule has 1 atom stereocenters. The van der Waals surface area contributed by atoms with Crippen LogP contribution in [0, 0.1) is 13.8 Å². The Bertz CT molecular complexity index is 347. The molecule has 0 aliphatic heterocycles. The minimum Gasteiger partial charge on any atom is -0.479 e. The fourth-order valence-electron chi connectivity index (χ4n) is 1.30. The van der Waals surface area contributed by atoms with Gasteiger partial charge in [0.05, 0.1) is 0 Å². The third-order valence-electron chi connectivity index (χ3n) is 2.17. The number of halogens is 1. The molecule has 0 radical (unpaired) electrons. The summed E-state index contributed by atoms with van der Waals surface area (Å²) in [4.78, 5) is 10.3. The molecule has 2 nitrogen and oxygen atoms in total. The van der Waals surface area contributed by atoms with Crippen molar-refractivity contribution in [1.29, 1.82) is 0 Å². The number of hydrogen-bond donors (Lipinski definition) is 1. The SMILES string of the molecule is Cc1ccc(C)c(CC(F)C(=O)O)c1. The minimum absolute atomic E-state index is 0.0527. The number of alkyl halides is 1. The normalized spacial score (nSPS) is 12.5. The highest BCUT2D eigenvalue weighted by atomic mass is 19.1. The number of carboxylic acids is 1. The molecule has 76 valence electrons. The topological polar surface area (TPSA) is 37.3 Å². The summed E-state index contributed by atoms with van der Waals surface area (Å²) in [6.45, 7) is 3.75. The van der Waals surface area contributed by atoms with Gasteiger partial charge in [0.25, 0.3) is 0 Å². The van der Waals surface area contributed by atoms with Gasteiger partial charge in [0, 0.05) is 6.42 Å². The van der Waals surface area contributed by atoms with Crippen molar-refractivity contribution in [2.45, 2.75) is 26.4 Å². The molecule has 0 saturated carbocycles. The second-order valence-electron chi connectivity index (χ2n) is 3.44.